The van der Waals surface area contributed by atoms with Crippen LogP contribution in [0.4, 0.5) is 10.2 Å². The van der Waals surface area contributed by atoms with Crippen LogP contribution in [0.5, 0.6) is 0 Å². The van der Waals surface area contributed by atoms with Gasteiger partial charge < -0.3 is 14.6 Å². The van der Waals surface area contributed by atoms with Crippen LogP contribution < -0.4 is 5.32 Å². The van der Waals surface area contributed by atoms with Gasteiger partial charge in [-0.15, -0.1) is 10.2 Å². The molecule has 1 aromatic carbocycles. The van der Waals surface area contributed by atoms with Gasteiger partial charge in [0.2, 0.25) is 0 Å². The summed E-state index contributed by atoms with van der Waals surface area (Å²) in [5.41, 5.74) is 1.93. The summed E-state index contributed by atoms with van der Waals surface area (Å²) in [5, 5.41) is 10.7. The number of nitrogens with zero attached hydrogens (tertiary/aromatic N) is 4. The van der Waals surface area contributed by atoms with Crippen LogP contribution in [0.1, 0.15) is 60.6 Å². The number of esters is 1. The standard InChI is InChI=1S/C24H26FN5O3/c1-5-33-24(32)17-11-16(17)15-10-18(19(25)9-14(15)4)23(31)28-21-8-6-7-20(27-21)22-29-26-12-30(22)13(2)3/h6-10,12-13,16-17H,5,11H2,1-4H3,(H,27,28,31). The zero-order valence-electron chi connectivity index (χ0n) is 19.0. The third kappa shape index (κ3) is 4.62. The molecule has 3 aromatic rings. The number of halogens is 1. The molecule has 8 nitrogen and oxygen atoms in total. The molecule has 1 aliphatic rings. The van der Waals surface area contributed by atoms with Gasteiger partial charge in [-0.2, -0.15) is 0 Å². The number of anilines is 1. The molecule has 2 unspecified atom stereocenters. The highest BCUT2D eigenvalue weighted by atomic mass is 19.1. The maximum absolute atomic E-state index is 14.7. The monoisotopic (exact) mass is 451 g/mol. The van der Waals surface area contributed by atoms with Crippen molar-refractivity contribution in [3.8, 4) is 11.5 Å². The van der Waals surface area contributed by atoms with E-state index in [9.17, 15) is 14.0 Å². The van der Waals surface area contributed by atoms with Gasteiger partial charge >= 0.3 is 5.97 Å². The molecule has 1 fully saturated rings. The average molecular weight is 452 g/mol. The topological polar surface area (TPSA) is 99.0 Å². The highest BCUT2D eigenvalue weighted by molar-refractivity contribution is 6.04. The molecular formula is C24H26FN5O3. The Bertz CT molecular complexity index is 1210. The Kier molecular flexibility index (Phi) is 6.22. The molecule has 0 bridgehead atoms. The highest BCUT2D eigenvalue weighted by Crippen LogP contribution is 2.49. The van der Waals surface area contributed by atoms with Gasteiger partial charge in [0.1, 0.15) is 23.7 Å². The van der Waals surface area contributed by atoms with Crippen LogP contribution >= 0.6 is 0 Å². The quantitative estimate of drug-likeness (QED) is 0.538. The van der Waals surface area contributed by atoms with E-state index < -0.39 is 11.7 Å². The molecule has 1 N–H and O–H groups in total. The van der Waals surface area contributed by atoms with E-state index in [0.29, 0.717) is 30.1 Å². The fraction of sp³-hybridized carbons (Fsp3) is 0.375. The lowest BCUT2D eigenvalue weighted by molar-refractivity contribution is -0.144. The number of rotatable bonds is 7. The van der Waals surface area contributed by atoms with E-state index in [1.807, 2.05) is 18.4 Å². The number of hydrogen-bond donors (Lipinski definition) is 1. The van der Waals surface area contributed by atoms with E-state index in [1.54, 1.807) is 38.4 Å². The van der Waals surface area contributed by atoms with Gasteiger partial charge in [0.15, 0.2) is 5.82 Å². The van der Waals surface area contributed by atoms with E-state index in [1.165, 1.54) is 12.1 Å². The van der Waals surface area contributed by atoms with Crippen molar-refractivity contribution < 1.29 is 18.7 Å². The second-order valence-electron chi connectivity index (χ2n) is 8.41. The molecule has 172 valence electrons. The average Bonchev–Trinajstić information content (AvgIpc) is 3.40. The Morgan fingerprint density at radius 2 is 2.09 bits per heavy atom. The van der Waals surface area contributed by atoms with E-state index in [2.05, 4.69) is 20.5 Å². The third-order valence-corrected chi connectivity index (χ3v) is 5.73. The molecule has 4 rings (SSSR count). The van der Waals surface area contributed by atoms with Gasteiger partial charge in [-0.25, -0.2) is 9.37 Å². The number of carbonyl (C=O) groups excluding carboxylic acids is 2. The zero-order chi connectivity index (χ0) is 23.7. The number of benzene rings is 1. The molecule has 0 spiro atoms. The van der Waals surface area contributed by atoms with E-state index >= 15 is 0 Å². The Morgan fingerprint density at radius 1 is 1.30 bits per heavy atom. The number of hydrogen-bond acceptors (Lipinski definition) is 6. The Morgan fingerprint density at radius 3 is 2.82 bits per heavy atom. The first kappa shape index (κ1) is 22.6. The summed E-state index contributed by atoms with van der Waals surface area (Å²) in [6.07, 6.45) is 2.25. The summed E-state index contributed by atoms with van der Waals surface area (Å²) in [6.45, 7) is 7.86. The maximum Gasteiger partial charge on any atom is 0.309 e. The number of nitrogens with one attached hydrogen (secondary N) is 1. The summed E-state index contributed by atoms with van der Waals surface area (Å²) in [4.78, 5) is 29.4. The van der Waals surface area contributed by atoms with Gasteiger partial charge in [-0.05, 0) is 75.4 Å². The second-order valence-corrected chi connectivity index (χ2v) is 8.41. The molecule has 2 heterocycles. The van der Waals surface area contributed by atoms with E-state index in [0.717, 1.165) is 5.56 Å². The lowest BCUT2D eigenvalue weighted by Crippen LogP contribution is -2.16. The van der Waals surface area contributed by atoms with Crippen LogP contribution in [-0.2, 0) is 9.53 Å². The predicted octanol–water partition coefficient (Wildman–Crippen LogP) is 4.29. The first-order valence-corrected chi connectivity index (χ1v) is 10.9. The van der Waals surface area contributed by atoms with Crippen LogP contribution in [0.25, 0.3) is 11.5 Å². The molecule has 0 radical (unpaired) electrons. The van der Waals surface area contributed by atoms with Crippen molar-refractivity contribution in [1.29, 1.82) is 0 Å². The molecule has 0 saturated heterocycles. The van der Waals surface area contributed by atoms with Crippen molar-refractivity contribution >= 4 is 17.7 Å². The van der Waals surface area contributed by atoms with Crippen molar-refractivity contribution in [3.05, 3.63) is 59.2 Å². The first-order chi connectivity index (χ1) is 15.8. The molecule has 2 atom stereocenters. The van der Waals surface area contributed by atoms with Gasteiger partial charge in [0.05, 0.1) is 18.1 Å². The molecule has 1 aliphatic carbocycles. The molecule has 2 aromatic heterocycles. The highest BCUT2D eigenvalue weighted by Gasteiger charge is 2.46. The molecule has 1 saturated carbocycles. The lowest BCUT2D eigenvalue weighted by atomic mass is 9.99. The van der Waals surface area contributed by atoms with Gasteiger partial charge in [-0.3, -0.25) is 9.59 Å². The minimum Gasteiger partial charge on any atom is -0.466 e. The zero-order valence-corrected chi connectivity index (χ0v) is 19.0. The van der Waals surface area contributed by atoms with Gasteiger partial charge in [0, 0.05) is 6.04 Å². The third-order valence-electron chi connectivity index (χ3n) is 5.73. The minimum absolute atomic E-state index is 0.0694. The summed E-state index contributed by atoms with van der Waals surface area (Å²) >= 11 is 0. The predicted molar refractivity (Wildman–Crippen MR) is 120 cm³/mol. The van der Waals surface area contributed by atoms with Crippen molar-refractivity contribution in [2.75, 3.05) is 11.9 Å². The SMILES string of the molecule is CCOC(=O)C1CC1c1cc(C(=O)Nc2cccc(-c3nncn3C(C)C)n2)c(F)cc1C. The van der Waals surface area contributed by atoms with Crippen molar-refractivity contribution in [3.63, 3.8) is 0 Å². The van der Waals surface area contributed by atoms with Crippen LogP contribution in [-0.4, -0.2) is 38.2 Å². The van der Waals surface area contributed by atoms with Crippen LogP contribution in [0.3, 0.4) is 0 Å². The summed E-state index contributed by atoms with van der Waals surface area (Å²) in [7, 11) is 0. The number of carbonyl (C=O) groups is 2. The number of amides is 1. The number of aryl methyl sites for hydroxylation is 1. The summed E-state index contributed by atoms with van der Waals surface area (Å²) in [5.74, 6) is -0.971. The van der Waals surface area contributed by atoms with Gasteiger partial charge in [-0.1, -0.05) is 6.07 Å². The largest absolute Gasteiger partial charge is 0.466 e. The Hall–Kier alpha value is -3.62. The molecule has 1 amide bonds. The second kappa shape index (κ2) is 9.09. The minimum atomic E-state index is -0.627. The molecule has 33 heavy (non-hydrogen) atoms. The van der Waals surface area contributed by atoms with E-state index in [4.69, 9.17) is 4.74 Å². The van der Waals surface area contributed by atoms with Crippen molar-refractivity contribution in [1.82, 2.24) is 19.7 Å². The Balaban J connectivity index is 1.56. The van der Waals surface area contributed by atoms with Crippen molar-refractivity contribution in [2.24, 2.45) is 5.92 Å². The van der Waals surface area contributed by atoms with Gasteiger partial charge in [0.25, 0.3) is 5.91 Å². The maximum atomic E-state index is 14.7. The number of aromatic nitrogens is 4. The first-order valence-electron chi connectivity index (χ1n) is 10.9. The smallest absolute Gasteiger partial charge is 0.309 e. The molecule has 9 heteroatoms. The van der Waals surface area contributed by atoms with Crippen LogP contribution in [0.15, 0.2) is 36.7 Å². The Labute approximate surface area is 191 Å². The van der Waals surface area contributed by atoms with Crippen LogP contribution in [0.2, 0.25) is 0 Å². The van der Waals surface area contributed by atoms with Crippen LogP contribution in [0, 0.1) is 18.7 Å². The fourth-order valence-corrected chi connectivity index (χ4v) is 3.93. The molecular weight excluding hydrogens is 425 g/mol. The number of pyridine rings is 1. The summed E-state index contributed by atoms with van der Waals surface area (Å²) < 4.78 is 21.7. The molecule has 0 aliphatic heterocycles. The fourth-order valence-electron chi connectivity index (χ4n) is 3.93. The van der Waals surface area contributed by atoms with Crippen molar-refractivity contribution in [2.45, 2.75) is 46.1 Å². The van der Waals surface area contributed by atoms with E-state index in [-0.39, 0.29) is 35.2 Å². The normalized spacial score (nSPS) is 17.2. The summed E-state index contributed by atoms with van der Waals surface area (Å²) in [6, 6.07) is 8.13. The number of ether oxygens (including phenoxy) is 1. The lowest BCUT2D eigenvalue weighted by Gasteiger charge is -2.12.